The molecule has 0 spiro atoms. The molecule has 7 heteroatoms. The molecule has 0 fully saturated rings. The van der Waals surface area contributed by atoms with Gasteiger partial charge in [0.15, 0.2) is 0 Å². The average molecular weight is 199 g/mol. The highest BCUT2D eigenvalue weighted by Crippen LogP contribution is 2.20. The summed E-state index contributed by atoms with van der Waals surface area (Å²) in [6, 6.07) is -0.0653. The average Bonchev–Trinajstić information content (AvgIpc) is 2.43. The van der Waals surface area contributed by atoms with Crippen LogP contribution in [0.3, 0.4) is 0 Å². The molecule has 1 unspecified atom stereocenters. The van der Waals surface area contributed by atoms with Crippen LogP contribution < -0.4 is 11.1 Å². The molecule has 0 aliphatic rings. The number of rotatable bonds is 4. The number of nitro groups is 1. The van der Waals surface area contributed by atoms with Gasteiger partial charge in [-0.3, -0.25) is 4.57 Å². The third-order valence-corrected chi connectivity index (χ3v) is 1.68. The molecule has 0 aromatic carbocycles. The normalized spacial score (nSPS) is 12.5. The Labute approximate surface area is 81.1 Å². The Bertz CT molecular complexity index is 333. The molecule has 14 heavy (non-hydrogen) atoms. The Balaban J connectivity index is 2.83. The van der Waals surface area contributed by atoms with Crippen molar-refractivity contribution in [2.75, 3.05) is 11.9 Å². The van der Waals surface area contributed by atoms with Crippen molar-refractivity contribution in [2.24, 2.45) is 12.8 Å². The van der Waals surface area contributed by atoms with E-state index in [2.05, 4.69) is 10.3 Å². The van der Waals surface area contributed by atoms with E-state index in [1.54, 1.807) is 11.6 Å². The summed E-state index contributed by atoms with van der Waals surface area (Å²) in [6.07, 6.45) is 1.39. The minimum absolute atomic E-state index is 0.0653. The van der Waals surface area contributed by atoms with Crippen LogP contribution in [-0.2, 0) is 7.05 Å². The van der Waals surface area contributed by atoms with Crippen molar-refractivity contribution in [3.63, 3.8) is 0 Å². The zero-order valence-electron chi connectivity index (χ0n) is 8.10. The van der Waals surface area contributed by atoms with Gasteiger partial charge in [-0.15, -0.1) is 0 Å². The topological polar surface area (TPSA) is 99.0 Å². The fraction of sp³-hybridized carbons (Fsp3) is 0.571. The number of imidazole rings is 1. The van der Waals surface area contributed by atoms with E-state index in [1.165, 1.54) is 6.33 Å². The van der Waals surface area contributed by atoms with Crippen LogP contribution in [0.1, 0.15) is 6.92 Å². The highest BCUT2D eigenvalue weighted by atomic mass is 16.6. The second-order valence-electron chi connectivity index (χ2n) is 3.14. The Morgan fingerprint density at radius 1 is 1.86 bits per heavy atom. The minimum Gasteiger partial charge on any atom is -0.363 e. The molecular formula is C7H13N5O2. The number of hydrogen-bond acceptors (Lipinski definition) is 5. The Morgan fingerprint density at radius 2 is 2.50 bits per heavy atom. The number of nitrogens with one attached hydrogen (secondary N) is 1. The van der Waals surface area contributed by atoms with E-state index in [9.17, 15) is 10.1 Å². The van der Waals surface area contributed by atoms with Crippen molar-refractivity contribution in [3.05, 3.63) is 16.4 Å². The highest BCUT2D eigenvalue weighted by molar-refractivity contribution is 5.51. The van der Waals surface area contributed by atoms with Crippen LogP contribution in [0.4, 0.5) is 11.6 Å². The molecule has 1 aromatic heterocycles. The first kappa shape index (κ1) is 10.5. The molecule has 0 radical (unpaired) electrons. The molecule has 7 nitrogen and oxygen atoms in total. The van der Waals surface area contributed by atoms with Crippen molar-refractivity contribution in [3.8, 4) is 0 Å². The molecule has 1 heterocycles. The summed E-state index contributed by atoms with van der Waals surface area (Å²) in [6.45, 7) is 2.29. The van der Waals surface area contributed by atoms with Crippen LogP contribution in [-0.4, -0.2) is 27.1 Å². The van der Waals surface area contributed by atoms with E-state index in [0.29, 0.717) is 12.4 Å². The number of nitrogens with zero attached hydrogens (tertiary/aromatic N) is 3. The summed E-state index contributed by atoms with van der Waals surface area (Å²) in [5.41, 5.74) is 5.52. The van der Waals surface area contributed by atoms with E-state index in [-0.39, 0.29) is 11.9 Å². The number of hydrogen-bond donors (Lipinski definition) is 2. The van der Waals surface area contributed by atoms with Crippen molar-refractivity contribution in [2.45, 2.75) is 13.0 Å². The molecule has 0 bridgehead atoms. The molecular weight excluding hydrogens is 186 g/mol. The van der Waals surface area contributed by atoms with Gasteiger partial charge >= 0.3 is 5.82 Å². The zero-order valence-corrected chi connectivity index (χ0v) is 8.10. The largest absolute Gasteiger partial charge is 0.406 e. The first-order valence-electron chi connectivity index (χ1n) is 4.17. The van der Waals surface area contributed by atoms with Gasteiger partial charge in [0.05, 0.1) is 0 Å². The van der Waals surface area contributed by atoms with E-state index >= 15 is 0 Å². The van der Waals surface area contributed by atoms with E-state index in [0.717, 1.165) is 0 Å². The van der Waals surface area contributed by atoms with Gasteiger partial charge in [-0.2, -0.15) is 0 Å². The summed E-state index contributed by atoms with van der Waals surface area (Å²) in [5.74, 6) is 0.209. The second-order valence-corrected chi connectivity index (χ2v) is 3.14. The third-order valence-electron chi connectivity index (χ3n) is 1.68. The summed E-state index contributed by atoms with van der Waals surface area (Å²) in [4.78, 5) is 13.7. The third kappa shape index (κ3) is 2.19. The summed E-state index contributed by atoms with van der Waals surface area (Å²) < 4.78 is 1.56. The standard InChI is InChI=1S/C7H13N5O2/c1-5(8)3-9-6-7(12(13)14)10-4-11(6)2/h4-5,9H,3,8H2,1-2H3. The van der Waals surface area contributed by atoms with Crippen LogP contribution in [0.5, 0.6) is 0 Å². The molecule has 3 N–H and O–H groups in total. The maximum atomic E-state index is 10.5. The van der Waals surface area contributed by atoms with Gasteiger partial charge in [0.2, 0.25) is 12.1 Å². The molecule has 0 saturated heterocycles. The van der Waals surface area contributed by atoms with Gasteiger partial charge < -0.3 is 21.2 Å². The molecule has 0 saturated carbocycles. The van der Waals surface area contributed by atoms with E-state index < -0.39 is 4.92 Å². The summed E-state index contributed by atoms with van der Waals surface area (Å²) in [5, 5.41) is 13.4. The van der Waals surface area contributed by atoms with Crippen LogP contribution in [0.15, 0.2) is 6.33 Å². The molecule has 1 aromatic rings. The van der Waals surface area contributed by atoms with Crippen molar-refractivity contribution in [1.29, 1.82) is 0 Å². The fourth-order valence-electron chi connectivity index (χ4n) is 1.01. The predicted molar refractivity (Wildman–Crippen MR) is 52.0 cm³/mol. The molecule has 0 amide bonds. The molecule has 78 valence electrons. The lowest BCUT2D eigenvalue weighted by molar-refractivity contribution is -0.388. The Morgan fingerprint density at radius 3 is 3.00 bits per heavy atom. The van der Waals surface area contributed by atoms with Gasteiger partial charge in [-0.05, 0) is 16.8 Å². The molecule has 0 aliphatic heterocycles. The van der Waals surface area contributed by atoms with Crippen LogP contribution in [0.25, 0.3) is 0 Å². The lowest BCUT2D eigenvalue weighted by Gasteiger charge is -2.08. The van der Waals surface area contributed by atoms with Gasteiger partial charge in [-0.25, -0.2) is 0 Å². The number of aryl methyl sites for hydroxylation is 1. The fourth-order valence-corrected chi connectivity index (χ4v) is 1.01. The number of nitrogens with two attached hydrogens (primary N) is 1. The smallest absolute Gasteiger partial charge is 0.363 e. The van der Waals surface area contributed by atoms with E-state index in [4.69, 9.17) is 5.73 Å². The quantitative estimate of drug-likeness (QED) is 0.528. The van der Waals surface area contributed by atoms with Gasteiger partial charge in [0, 0.05) is 19.6 Å². The molecule has 1 rings (SSSR count). The maximum Gasteiger partial charge on any atom is 0.406 e. The van der Waals surface area contributed by atoms with Crippen LogP contribution in [0, 0.1) is 10.1 Å². The van der Waals surface area contributed by atoms with Gasteiger partial charge in [-0.1, -0.05) is 0 Å². The summed E-state index contributed by atoms with van der Waals surface area (Å²) >= 11 is 0. The zero-order chi connectivity index (χ0) is 10.7. The molecule has 0 aliphatic carbocycles. The number of aromatic nitrogens is 2. The minimum atomic E-state index is -0.524. The van der Waals surface area contributed by atoms with E-state index in [1.807, 2.05) is 6.92 Å². The summed E-state index contributed by atoms with van der Waals surface area (Å²) in [7, 11) is 1.68. The van der Waals surface area contributed by atoms with Crippen molar-refractivity contribution < 1.29 is 4.92 Å². The van der Waals surface area contributed by atoms with Crippen LogP contribution in [0.2, 0.25) is 0 Å². The van der Waals surface area contributed by atoms with Crippen molar-refractivity contribution >= 4 is 11.6 Å². The highest BCUT2D eigenvalue weighted by Gasteiger charge is 2.19. The second kappa shape index (κ2) is 4.05. The first-order valence-corrected chi connectivity index (χ1v) is 4.17. The first-order chi connectivity index (χ1) is 6.52. The Hall–Kier alpha value is -1.63. The monoisotopic (exact) mass is 199 g/mol. The Kier molecular flexibility index (Phi) is 3.03. The maximum absolute atomic E-state index is 10.5. The lowest BCUT2D eigenvalue weighted by atomic mass is 10.3. The number of anilines is 1. The molecule has 1 atom stereocenters. The predicted octanol–water partition coefficient (Wildman–Crippen LogP) is 0.0874. The lowest BCUT2D eigenvalue weighted by Crippen LogP contribution is -2.26. The van der Waals surface area contributed by atoms with Crippen LogP contribution >= 0.6 is 0 Å². The van der Waals surface area contributed by atoms with Crippen molar-refractivity contribution in [1.82, 2.24) is 9.55 Å². The van der Waals surface area contributed by atoms with Gasteiger partial charge in [0.1, 0.15) is 0 Å². The SMILES string of the molecule is CC(N)CNc1c([N+](=O)[O-])ncn1C. The van der Waals surface area contributed by atoms with Gasteiger partial charge in [0.25, 0.3) is 0 Å².